The normalized spacial score (nSPS) is 11.6. The molecule has 0 radical (unpaired) electrons. The Kier molecular flexibility index (Phi) is 5.67. The summed E-state index contributed by atoms with van der Waals surface area (Å²) in [5.41, 5.74) is 2.11. The first-order valence-corrected chi connectivity index (χ1v) is 11.6. The van der Waals surface area contributed by atoms with Crippen LogP contribution < -0.4 is 10.0 Å². The molecule has 30 heavy (non-hydrogen) atoms. The van der Waals surface area contributed by atoms with Crippen molar-refractivity contribution in [3.05, 3.63) is 82.3 Å². The molecule has 2 N–H and O–H groups in total. The molecule has 0 aliphatic carbocycles. The van der Waals surface area contributed by atoms with E-state index in [1.165, 1.54) is 23.5 Å². The third kappa shape index (κ3) is 4.28. The highest BCUT2D eigenvalue weighted by molar-refractivity contribution is 7.89. The molecule has 0 aliphatic rings. The van der Waals surface area contributed by atoms with Gasteiger partial charge in [0.2, 0.25) is 10.0 Å². The summed E-state index contributed by atoms with van der Waals surface area (Å²) in [5.74, 6) is 0.350. The molecule has 2 aromatic carbocycles. The number of carbonyl (C=O) groups is 1. The van der Waals surface area contributed by atoms with Crippen LogP contribution in [0, 0.1) is 0 Å². The lowest BCUT2D eigenvalue weighted by atomic mass is 10.2. The zero-order valence-corrected chi connectivity index (χ0v) is 17.8. The maximum absolute atomic E-state index is 12.6. The number of sulfonamides is 1. The van der Waals surface area contributed by atoms with Crippen LogP contribution in [-0.4, -0.2) is 23.9 Å². The van der Waals surface area contributed by atoms with Crippen LogP contribution in [0.25, 0.3) is 11.0 Å². The average Bonchev–Trinajstić information content (AvgIpc) is 3.39. The summed E-state index contributed by atoms with van der Waals surface area (Å²) >= 11 is 1.47. The standard InChI is InChI=1S/C21H20N4O3S2/c1-25-19-10-3-2-9-18(19)24-20(25)14-22-21(26)15-6-4-8-17(12-15)30(27,28)23-13-16-7-5-11-29-16/h2-12,23H,13-14H2,1H3,(H,22,26). The van der Waals surface area contributed by atoms with Crippen LogP contribution in [0.5, 0.6) is 0 Å². The SMILES string of the molecule is Cn1c(CNC(=O)c2cccc(S(=O)(=O)NCc3cccs3)c2)nc2ccccc21. The molecule has 0 aliphatic heterocycles. The highest BCUT2D eigenvalue weighted by Gasteiger charge is 2.17. The molecule has 0 spiro atoms. The van der Waals surface area contributed by atoms with Crippen LogP contribution in [-0.2, 0) is 30.2 Å². The van der Waals surface area contributed by atoms with E-state index in [1.54, 1.807) is 12.1 Å². The lowest BCUT2D eigenvalue weighted by Gasteiger charge is -2.09. The molecule has 7 nitrogen and oxygen atoms in total. The van der Waals surface area contributed by atoms with Crippen molar-refractivity contribution >= 4 is 38.3 Å². The second-order valence-electron chi connectivity index (χ2n) is 6.69. The highest BCUT2D eigenvalue weighted by atomic mass is 32.2. The minimum absolute atomic E-state index is 0.0504. The van der Waals surface area contributed by atoms with E-state index in [1.807, 2.05) is 53.4 Å². The van der Waals surface area contributed by atoms with Crippen LogP contribution in [0.4, 0.5) is 0 Å². The number of imidazole rings is 1. The van der Waals surface area contributed by atoms with Gasteiger partial charge in [-0.3, -0.25) is 4.79 Å². The predicted molar refractivity (Wildman–Crippen MR) is 117 cm³/mol. The number of nitrogens with zero attached hydrogens (tertiary/aromatic N) is 2. The first-order chi connectivity index (χ1) is 14.4. The molecular formula is C21H20N4O3S2. The van der Waals surface area contributed by atoms with Crippen molar-refractivity contribution in [3.8, 4) is 0 Å². The van der Waals surface area contributed by atoms with Crippen molar-refractivity contribution in [2.24, 2.45) is 7.05 Å². The first kappa shape index (κ1) is 20.3. The van der Waals surface area contributed by atoms with Crippen molar-refractivity contribution in [3.63, 3.8) is 0 Å². The maximum Gasteiger partial charge on any atom is 0.251 e. The summed E-state index contributed by atoms with van der Waals surface area (Å²) in [7, 11) is -1.83. The van der Waals surface area contributed by atoms with E-state index in [0.717, 1.165) is 15.9 Å². The summed E-state index contributed by atoms with van der Waals surface area (Å²) in [5, 5.41) is 4.70. The monoisotopic (exact) mass is 440 g/mol. The Bertz CT molecular complexity index is 1300. The number of thiophene rings is 1. The Morgan fingerprint density at radius 1 is 1.07 bits per heavy atom. The van der Waals surface area contributed by atoms with Gasteiger partial charge in [0.25, 0.3) is 5.91 Å². The Morgan fingerprint density at radius 2 is 1.90 bits per heavy atom. The maximum atomic E-state index is 12.6. The summed E-state index contributed by atoms with van der Waals surface area (Å²) in [6, 6.07) is 17.4. The van der Waals surface area contributed by atoms with Crippen LogP contribution in [0.15, 0.2) is 70.9 Å². The number of hydrogen-bond donors (Lipinski definition) is 2. The summed E-state index contributed by atoms with van der Waals surface area (Å²) in [6.45, 7) is 0.445. The molecule has 4 rings (SSSR count). The van der Waals surface area contributed by atoms with Crippen molar-refractivity contribution < 1.29 is 13.2 Å². The molecule has 0 fully saturated rings. The predicted octanol–water partition coefficient (Wildman–Crippen LogP) is 3.04. The van der Waals surface area contributed by atoms with E-state index < -0.39 is 10.0 Å². The van der Waals surface area contributed by atoms with Crippen LogP contribution in [0.2, 0.25) is 0 Å². The van der Waals surface area contributed by atoms with Gasteiger partial charge in [0.1, 0.15) is 5.82 Å². The largest absolute Gasteiger partial charge is 0.345 e. The van der Waals surface area contributed by atoms with Gasteiger partial charge in [0.05, 0.1) is 22.5 Å². The molecule has 0 unspecified atom stereocenters. The zero-order valence-electron chi connectivity index (χ0n) is 16.2. The summed E-state index contributed by atoms with van der Waals surface area (Å²) in [6.07, 6.45) is 0. The van der Waals surface area contributed by atoms with Gasteiger partial charge < -0.3 is 9.88 Å². The molecule has 0 saturated carbocycles. The third-order valence-electron chi connectivity index (χ3n) is 4.71. The van der Waals surface area contributed by atoms with Gasteiger partial charge in [-0.05, 0) is 41.8 Å². The fraction of sp³-hybridized carbons (Fsp3) is 0.143. The van der Waals surface area contributed by atoms with Crippen LogP contribution in [0.1, 0.15) is 21.1 Å². The second kappa shape index (κ2) is 8.39. The topological polar surface area (TPSA) is 93.1 Å². The number of hydrogen-bond acceptors (Lipinski definition) is 5. The average molecular weight is 441 g/mol. The van der Waals surface area contributed by atoms with Gasteiger partial charge in [0.15, 0.2) is 0 Å². The molecule has 0 bridgehead atoms. The van der Waals surface area contributed by atoms with Gasteiger partial charge in [-0.2, -0.15) is 0 Å². The molecule has 9 heteroatoms. The third-order valence-corrected chi connectivity index (χ3v) is 6.99. The van der Waals surface area contributed by atoms with Gasteiger partial charge in [-0.15, -0.1) is 11.3 Å². The molecule has 2 aromatic heterocycles. The number of fused-ring (bicyclic) bond motifs is 1. The van der Waals surface area contributed by atoms with Crippen molar-refractivity contribution in [2.45, 2.75) is 18.0 Å². The number of para-hydroxylation sites is 2. The van der Waals surface area contributed by atoms with E-state index >= 15 is 0 Å². The number of benzene rings is 2. The fourth-order valence-electron chi connectivity index (χ4n) is 3.08. The Balaban J connectivity index is 1.46. The molecule has 1 amide bonds. The minimum atomic E-state index is -3.72. The molecule has 0 saturated heterocycles. The Hall–Kier alpha value is -3.01. The molecule has 2 heterocycles. The number of aromatic nitrogens is 2. The number of aryl methyl sites for hydroxylation is 1. The van der Waals surface area contributed by atoms with Gasteiger partial charge in [-0.25, -0.2) is 18.1 Å². The number of rotatable bonds is 7. The van der Waals surface area contributed by atoms with E-state index in [4.69, 9.17) is 0 Å². The van der Waals surface area contributed by atoms with Crippen molar-refractivity contribution in [1.82, 2.24) is 19.6 Å². The molecule has 4 aromatic rings. The fourth-order valence-corrected chi connectivity index (χ4v) is 4.87. The van der Waals surface area contributed by atoms with E-state index in [9.17, 15) is 13.2 Å². The number of nitrogens with one attached hydrogen (secondary N) is 2. The molecule has 0 atom stereocenters. The lowest BCUT2D eigenvalue weighted by Crippen LogP contribution is -2.26. The first-order valence-electron chi connectivity index (χ1n) is 9.25. The minimum Gasteiger partial charge on any atom is -0.345 e. The van der Waals surface area contributed by atoms with E-state index in [-0.39, 0.29) is 29.5 Å². The quantitative estimate of drug-likeness (QED) is 0.462. The van der Waals surface area contributed by atoms with E-state index in [0.29, 0.717) is 5.82 Å². The Labute approximate surface area is 178 Å². The van der Waals surface area contributed by atoms with E-state index in [2.05, 4.69) is 15.0 Å². The Morgan fingerprint density at radius 3 is 2.67 bits per heavy atom. The van der Waals surface area contributed by atoms with Gasteiger partial charge >= 0.3 is 0 Å². The van der Waals surface area contributed by atoms with Crippen LogP contribution in [0.3, 0.4) is 0 Å². The van der Waals surface area contributed by atoms with Crippen molar-refractivity contribution in [2.75, 3.05) is 0 Å². The number of carbonyl (C=O) groups excluding carboxylic acids is 1. The van der Waals surface area contributed by atoms with Gasteiger partial charge in [-0.1, -0.05) is 24.3 Å². The highest BCUT2D eigenvalue weighted by Crippen LogP contribution is 2.16. The molecule has 154 valence electrons. The van der Waals surface area contributed by atoms with Crippen molar-refractivity contribution in [1.29, 1.82) is 0 Å². The smallest absolute Gasteiger partial charge is 0.251 e. The summed E-state index contributed by atoms with van der Waals surface area (Å²) in [4.78, 5) is 18.1. The summed E-state index contributed by atoms with van der Waals surface area (Å²) < 4.78 is 29.6. The van der Waals surface area contributed by atoms with Crippen LogP contribution >= 0.6 is 11.3 Å². The zero-order chi connectivity index (χ0) is 21.1. The number of amides is 1. The second-order valence-corrected chi connectivity index (χ2v) is 9.49. The lowest BCUT2D eigenvalue weighted by molar-refractivity contribution is 0.0949. The van der Waals surface area contributed by atoms with Gasteiger partial charge in [0, 0.05) is 24.0 Å². The molecular weight excluding hydrogens is 420 g/mol.